The average molecular weight is 135 g/mol. The molecular weight excluding hydrogens is 126 g/mol. The Morgan fingerprint density at radius 2 is 2.10 bits per heavy atom. The molecule has 0 aliphatic carbocycles. The van der Waals surface area contributed by atoms with Crippen molar-refractivity contribution >= 4 is 0 Å². The molecule has 0 atom stereocenters. The molecule has 0 saturated heterocycles. The van der Waals surface area contributed by atoms with Gasteiger partial charge in [0.1, 0.15) is 5.54 Å². The van der Waals surface area contributed by atoms with Crippen LogP contribution < -0.4 is 0 Å². The zero-order valence-electron chi connectivity index (χ0n) is 6.34. The molecule has 0 N–H and O–H groups in total. The van der Waals surface area contributed by atoms with Crippen LogP contribution in [0.25, 0.3) is 0 Å². The molecular formula is C7H9N3. The van der Waals surface area contributed by atoms with Crippen LogP contribution in [-0.2, 0) is 0 Å². The van der Waals surface area contributed by atoms with Crippen molar-refractivity contribution in [3.05, 3.63) is 11.3 Å². The molecule has 0 aromatic rings. The second-order valence-corrected chi connectivity index (χ2v) is 2.83. The Morgan fingerprint density at radius 3 is 2.30 bits per heavy atom. The van der Waals surface area contributed by atoms with E-state index < -0.39 is 5.54 Å². The summed E-state index contributed by atoms with van der Waals surface area (Å²) in [4.78, 5) is 0. The highest BCUT2D eigenvalue weighted by atomic mass is 15.2. The number of hydrogen-bond acceptors (Lipinski definition) is 3. The van der Waals surface area contributed by atoms with Gasteiger partial charge in [0, 0.05) is 0 Å². The molecule has 0 radical (unpaired) electrons. The van der Waals surface area contributed by atoms with Crippen LogP contribution in [0.2, 0.25) is 0 Å². The monoisotopic (exact) mass is 135 g/mol. The van der Waals surface area contributed by atoms with E-state index in [1.807, 2.05) is 13.8 Å². The Hall–Kier alpha value is -1.17. The highest BCUT2D eigenvalue weighted by Crippen LogP contribution is 2.30. The van der Waals surface area contributed by atoms with E-state index in [0.717, 1.165) is 5.70 Å². The van der Waals surface area contributed by atoms with Crippen LogP contribution in [0, 0.1) is 11.3 Å². The van der Waals surface area contributed by atoms with Gasteiger partial charge in [-0.05, 0) is 20.8 Å². The molecule has 0 unspecified atom stereocenters. The van der Waals surface area contributed by atoms with Gasteiger partial charge in [0.25, 0.3) is 0 Å². The van der Waals surface area contributed by atoms with Gasteiger partial charge in [-0.1, -0.05) is 0 Å². The number of nitriles is 1. The Kier molecular flexibility index (Phi) is 1.33. The summed E-state index contributed by atoms with van der Waals surface area (Å²) in [5.74, 6) is 0. The van der Waals surface area contributed by atoms with Crippen molar-refractivity contribution in [1.82, 2.24) is 0 Å². The Bertz CT molecular complexity index is 253. The van der Waals surface area contributed by atoms with Crippen molar-refractivity contribution in [3.63, 3.8) is 0 Å². The normalized spacial score (nSPS) is 21.4. The summed E-state index contributed by atoms with van der Waals surface area (Å²) in [6, 6.07) is 2.10. The lowest BCUT2D eigenvalue weighted by molar-refractivity contribution is 0.623. The standard InChI is InChI=1S/C7H9N3/c1-5-6(4-8)7(2,3)10-9-5/h1-3H3. The van der Waals surface area contributed by atoms with Crippen LogP contribution in [0.15, 0.2) is 21.5 Å². The fourth-order valence-electron chi connectivity index (χ4n) is 0.960. The maximum Gasteiger partial charge on any atom is 0.113 e. The van der Waals surface area contributed by atoms with Gasteiger partial charge in [0.2, 0.25) is 0 Å². The predicted molar refractivity (Wildman–Crippen MR) is 37.2 cm³/mol. The molecule has 0 saturated carbocycles. The SMILES string of the molecule is CC1=C(C#N)C(C)(C)N=N1. The first-order chi connectivity index (χ1) is 4.58. The minimum atomic E-state index is -0.390. The van der Waals surface area contributed by atoms with Crippen molar-refractivity contribution in [2.24, 2.45) is 10.2 Å². The van der Waals surface area contributed by atoms with E-state index in [0.29, 0.717) is 5.57 Å². The molecule has 52 valence electrons. The molecule has 1 rings (SSSR count). The maximum atomic E-state index is 8.64. The minimum Gasteiger partial charge on any atom is -0.193 e. The van der Waals surface area contributed by atoms with Gasteiger partial charge >= 0.3 is 0 Å². The first kappa shape index (κ1) is 6.94. The topological polar surface area (TPSA) is 48.5 Å². The van der Waals surface area contributed by atoms with E-state index in [1.165, 1.54) is 0 Å². The number of hydrogen-bond donors (Lipinski definition) is 0. The van der Waals surface area contributed by atoms with Gasteiger partial charge in [0.15, 0.2) is 0 Å². The van der Waals surface area contributed by atoms with E-state index in [1.54, 1.807) is 6.92 Å². The Morgan fingerprint density at radius 1 is 1.50 bits per heavy atom. The van der Waals surface area contributed by atoms with Crippen molar-refractivity contribution < 1.29 is 0 Å². The predicted octanol–water partition coefficient (Wildman–Crippen LogP) is 2.03. The van der Waals surface area contributed by atoms with Crippen LogP contribution in [-0.4, -0.2) is 5.54 Å². The quantitative estimate of drug-likeness (QED) is 0.501. The van der Waals surface area contributed by atoms with Gasteiger partial charge in [0.05, 0.1) is 17.3 Å². The molecule has 1 aliphatic rings. The largest absolute Gasteiger partial charge is 0.193 e. The molecule has 3 nitrogen and oxygen atoms in total. The number of nitrogens with zero attached hydrogens (tertiary/aromatic N) is 3. The molecule has 0 bridgehead atoms. The van der Waals surface area contributed by atoms with Crippen molar-refractivity contribution in [1.29, 1.82) is 5.26 Å². The van der Waals surface area contributed by atoms with Crippen molar-refractivity contribution in [2.75, 3.05) is 0 Å². The maximum absolute atomic E-state index is 8.64. The fourth-order valence-corrected chi connectivity index (χ4v) is 0.960. The molecule has 10 heavy (non-hydrogen) atoms. The fraction of sp³-hybridized carbons (Fsp3) is 0.571. The zero-order valence-corrected chi connectivity index (χ0v) is 6.34. The third-order valence-corrected chi connectivity index (χ3v) is 1.54. The lowest BCUT2D eigenvalue weighted by Crippen LogP contribution is -2.15. The highest BCUT2D eigenvalue weighted by molar-refractivity contribution is 5.38. The molecule has 1 heterocycles. The second kappa shape index (κ2) is 1.91. The van der Waals surface area contributed by atoms with E-state index >= 15 is 0 Å². The van der Waals surface area contributed by atoms with Crippen LogP contribution in [0.1, 0.15) is 20.8 Å². The first-order valence-electron chi connectivity index (χ1n) is 3.12. The summed E-state index contributed by atoms with van der Waals surface area (Å²) in [5, 5.41) is 16.4. The van der Waals surface area contributed by atoms with Crippen LogP contribution in [0.3, 0.4) is 0 Å². The van der Waals surface area contributed by atoms with E-state index in [9.17, 15) is 0 Å². The van der Waals surface area contributed by atoms with Crippen LogP contribution >= 0.6 is 0 Å². The number of azo groups is 1. The first-order valence-corrected chi connectivity index (χ1v) is 3.12. The molecule has 3 heteroatoms. The summed E-state index contributed by atoms with van der Waals surface area (Å²) < 4.78 is 0. The van der Waals surface area contributed by atoms with Gasteiger partial charge in [-0.3, -0.25) is 0 Å². The molecule has 0 spiro atoms. The molecule has 1 aliphatic heterocycles. The van der Waals surface area contributed by atoms with Gasteiger partial charge < -0.3 is 0 Å². The number of rotatable bonds is 0. The summed E-state index contributed by atoms with van der Waals surface area (Å²) in [5.41, 5.74) is 1.03. The lowest BCUT2D eigenvalue weighted by Gasteiger charge is -2.10. The molecule has 0 aromatic heterocycles. The Balaban J connectivity index is 3.12. The minimum absolute atomic E-state index is 0.390. The summed E-state index contributed by atoms with van der Waals surface area (Å²) >= 11 is 0. The van der Waals surface area contributed by atoms with Crippen LogP contribution in [0.5, 0.6) is 0 Å². The average Bonchev–Trinajstić information content (AvgIpc) is 2.07. The van der Waals surface area contributed by atoms with Gasteiger partial charge in [-0.25, -0.2) is 0 Å². The van der Waals surface area contributed by atoms with Gasteiger partial charge in [-0.15, -0.1) is 0 Å². The molecule has 0 fully saturated rings. The lowest BCUT2D eigenvalue weighted by atomic mass is 9.96. The van der Waals surface area contributed by atoms with Crippen molar-refractivity contribution in [3.8, 4) is 6.07 Å². The second-order valence-electron chi connectivity index (χ2n) is 2.83. The van der Waals surface area contributed by atoms with E-state index in [2.05, 4.69) is 16.3 Å². The Labute approximate surface area is 60.1 Å². The van der Waals surface area contributed by atoms with Crippen LogP contribution in [0.4, 0.5) is 0 Å². The zero-order chi connectivity index (χ0) is 7.78. The summed E-state index contributed by atoms with van der Waals surface area (Å²) in [7, 11) is 0. The molecule has 0 aromatic carbocycles. The third kappa shape index (κ3) is 0.820. The number of allylic oxidation sites excluding steroid dienone is 1. The third-order valence-electron chi connectivity index (χ3n) is 1.54. The summed E-state index contributed by atoms with van der Waals surface area (Å²) in [6.07, 6.45) is 0. The smallest absolute Gasteiger partial charge is 0.113 e. The highest BCUT2D eigenvalue weighted by Gasteiger charge is 2.29. The molecule has 0 amide bonds. The summed E-state index contributed by atoms with van der Waals surface area (Å²) in [6.45, 7) is 5.56. The van der Waals surface area contributed by atoms with Gasteiger partial charge in [-0.2, -0.15) is 15.5 Å². The van der Waals surface area contributed by atoms with Crippen molar-refractivity contribution in [2.45, 2.75) is 26.3 Å². The van der Waals surface area contributed by atoms with E-state index in [4.69, 9.17) is 5.26 Å². The van der Waals surface area contributed by atoms with E-state index in [-0.39, 0.29) is 0 Å².